The van der Waals surface area contributed by atoms with Crippen molar-refractivity contribution in [2.75, 3.05) is 13.1 Å². The maximum absolute atomic E-state index is 12.0. The molecule has 2 unspecified atom stereocenters. The number of rotatable bonds is 4. The Balaban J connectivity index is 1.87. The van der Waals surface area contributed by atoms with Crippen LogP contribution >= 0.6 is 11.6 Å². The summed E-state index contributed by atoms with van der Waals surface area (Å²) in [6.07, 6.45) is 2.34. The van der Waals surface area contributed by atoms with Crippen molar-refractivity contribution in [2.24, 2.45) is 0 Å². The third-order valence-electron chi connectivity index (χ3n) is 3.43. The minimum absolute atomic E-state index is 0.0611. The summed E-state index contributed by atoms with van der Waals surface area (Å²) < 4.78 is 0. The van der Waals surface area contributed by atoms with Gasteiger partial charge in [0, 0.05) is 17.6 Å². The van der Waals surface area contributed by atoms with Crippen LogP contribution in [0.2, 0.25) is 5.02 Å². The fourth-order valence-electron chi connectivity index (χ4n) is 2.24. The minimum atomic E-state index is -0.162. The second kappa shape index (κ2) is 6.21. The van der Waals surface area contributed by atoms with Gasteiger partial charge >= 0.3 is 0 Å². The van der Waals surface area contributed by atoms with Crippen molar-refractivity contribution in [3.63, 3.8) is 0 Å². The van der Waals surface area contributed by atoms with E-state index in [0.29, 0.717) is 17.6 Å². The molecule has 98 valence electrons. The van der Waals surface area contributed by atoms with Crippen LogP contribution in [0, 0.1) is 0 Å². The molecule has 3 nitrogen and oxygen atoms in total. The van der Waals surface area contributed by atoms with E-state index in [1.54, 1.807) is 0 Å². The number of hydrogen-bond donors (Lipinski definition) is 2. The number of nitrogens with one attached hydrogen (secondary N) is 2. The smallest absolute Gasteiger partial charge is 0.227 e. The molecule has 1 amide bonds. The van der Waals surface area contributed by atoms with Crippen molar-refractivity contribution in [3.8, 4) is 0 Å². The topological polar surface area (TPSA) is 41.1 Å². The van der Waals surface area contributed by atoms with Crippen LogP contribution in [0.4, 0.5) is 0 Å². The zero-order valence-corrected chi connectivity index (χ0v) is 11.3. The lowest BCUT2D eigenvalue weighted by Crippen LogP contribution is -2.38. The molecule has 0 saturated carbocycles. The Bertz CT molecular complexity index is 416. The largest absolute Gasteiger partial charge is 0.354 e. The van der Waals surface area contributed by atoms with Gasteiger partial charge in [-0.3, -0.25) is 4.79 Å². The van der Waals surface area contributed by atoms with Gasteiger partial charge in [0.1, 0.15) is 0 Å². The molecule has 18 heavy (non-hydrogen) atoms. The predicted molar refractivity (Wildman–Crippen MR) is 73.9 cm³/mol. The number of carbonyl (C=O) groups is 1. The quantitative estimate of drug-likeness (QED) is 0.878. The van der Waals surface area contributed by atoms with Crippen LogP contribution in [0.25, 0.3) is 0 Å². The minimum Gasteiger partial charge on any atom is -0.354 e. The molecule has 1 saturated heterocycles. The molecule has 1 aromatic carbocycles. The molecule has 2 atom stereocenters. The first-order chi connectivity index (χ1) is 8.66. The first-order valence-corrected chi connectivity index (χ1v) is 6.81. The molecule has 0 aliphatic carbocycles. The molecule has 2 N–H and O–H groups in total. The van der Waals surface area contributed by atoms with Crippen molar-refractivity contribution in [1.29, 1.82) is 0 Å². The molecule has 0 spiro atoms. The number of hydrogen-bond acceptors (Lipinski definition) is 2. The third-order valence-corrected chi connectivity index (χ3v) is 3.66. The number of carbonyl (C=O) groups excluding carboxylic acids is 1. The van der Waals surface area contributed by atoms with Gasteiger partial charge in [-0.05, 0) is 44.0 Å². The zero-order valence-electron chi connectivity index (χ0n) is 10.6. The summed E-state index contributed by atoms with van der Waals surface area (Å²) in [5.41, 5.74) is 0.958. The van der Waals surface area contributed by atoms with Gasteiger partial charge in [0.05, 0.1) is 5.92 Å². The van der Waals surface area contributed by atoms with Gasteiger partial charge in [-0.2, -0.15) is 0 Å². The standard InChI is InChI=1S/C14H19ClN2O/c1-10(11-4-2-5-12(15)8-11)14(18)17-9-13-6-3-7-16-13/h2,4-5,8,10,13,16H,3,6-7,9H2,1H3,(H,17,18). The normalized spacial score (nSPS) is 20.7. The van der Waals surface area contributed by atoms with Gasteiger partial charge in [0.15, 0.2) is 0 Å². The van der Waals surface area contributed by atoms with E-state index in [-0.39, 0.29) is 11.8 Å². The Labute approximate surface area is 113 Å². The average Bonchev–Trinajstić information content (AvgIpc) is 2.88. The highest BCUT2D eigenvalue weighted by Gasteiger charge is 2.18. The van der Waals surface area contributed by atoms with Crippen molar-refractivity contribution >= 4 is 17.5 Å². The van der Waals surface area contributed by atoms with E-state index in [1.165, 1.54) is 6.42 Å². The zero-order chi connectivity index (χ0) is 13.0. The highest BCUT2D eigenvalue weighted by atomic mass is 35.5. The van der Waals surface area contributed by atoms with Gasteiger partial charge in [-0.25, -0.2) is 0 Å². The first kappa shape index (κ1) is 13.4. The Morgan fingerprint density at radius 1 is 1.61 bits per heavy atom. The molecule has 0 aromatic heterocycles. The molecule has 2 rings (SSSR count). The molecule has 1 aromatic rings. The van der Waals surface area contributed by atoms with E-state index < -0.39 is 0 Å². The number of halogens is 1. The third kappa shape index (κ3) is 3.47. The highest BCUT2D eigenvalue weighted by molar-refractivity contribution is 6.30. The molecular weight excluding hydrogens is 248 g/mol. The SMILES string of the molecule is CC(C(=O)NCC1CCCN1)c1cccc(Cl)c1. The van der Waals surface area contributed by atoms with Crippen molar-refractivity contribution in [1.82, 2.24) is 10.6 Å². The summed E-state index contributed by atoms with van der Waals surface area (Å²) >= 11 is 5.93. The summed E-state index contributed by atoms with van der Waals surface area (Å²) in [5.74, 6) is -0.101. The first-order valence-electron chi connectivity index (χ1n) is 6.43. The van der Waals surface area contributed by atoms with Gasteiger partial charge in [-0.1, -0.05) is 23.7 Å². The van der Waals surface area contributed by atoms with Gasteiger partial charge < -0.3 is 10.6 Å². The molecular formula is C14H19ClN2O. The Hall–Kier alpha value is -1.06. The van der Waals surface area contributed by atoms with Crippen LogP contribution in [0.5, 0.6) is 0 Å². The Morgan fingerprint density at radius 3 is 3.11 bits per heavy atom. The van der Waals surface area contributed by atoms with Crippen molar-refractivity contribution in [3.05, 3.63) is 34.9 Å². The van der Waals surface area contributed by atoms with Crippen LogP contribution in [-0.2, 0) is 4.79 Å². The van der Waals surface area contributed by atoms with Crippen molar-refractivity contribution < 1.29 is 4.79 Å². The second-order valence-corrected chi connectivity index (χ2v) is 5.25. The van der Waals surface area contributed by atoms with E-state index in [9.17, 15) is 4.79 Å². The lowest BCUT2D eigenvalue weighted by Gasteiger charge is -2.15. The van der Waals surface area contributed by atoms with E-state index in [4.69, 9.17) is 11.6 Å². The molecule has 0 radical (unpaired) electrons. The highest BCUT2D eigenvalue weighted by Crippen LogP contribution is 2.19. The van der Waals surface area contributed by atoms with Gasteiger partial charge in [0.25, 0.3) is 0 Å². The fourth-order valence-corrected chi connectivity index (χ4v) is 2.43. The van der Waals surface area contributed by atoms with E-state index in [2.05, 4.69) is 10.6 Å². The molecule has 1 heterocycles. The van der Waals surface area contributed by atoms with Crippen LogP contribution in [0.15, 0.2) is 24.3 Å². The second-order valence-electron chi connectivity index (χ2n) is 4.82. The van der Waals surface area contributed by atoms with Crippen LogP contribution < -0.4 is 10.6 Å². The summed E-state index contributed by atoms with van der Waals surface area (Å²) in [6, 6.07) is 7.90. The lowest BCUT2D eigenvalue weighted by atomic mass is 10.0. The van der Waals surface area contributed by atoms with Crippen LogP contribution in [0.1, 0.15) is 31.2 Å². The van der Waals surface area contributed by atoms with Crippen LogP contribution in [-0.4, -0.2) is 25.0 Å². The summed E-state index contributed by atoms with van der Waals surface area (Å²) in [5, 5.41) is 7.03. The maximum Gasteiger partial charge on any atom is 0.227 e. The summed E-state index contributed by atoms with van der Waals surface area (Å²) in [4.78, 5) is 12.0. The van der Waals surface area contributed by atoms with E-state index in [1.807, 2.05) is 31.2 Å². The lowest BCUT2D eigenvalue weighted by molar-refractivity contribution is -0.122. The van der Waals surface area contributed by atoms with Gasteiger partial charge in [-0.15, -0.1) is 0 Å². The summed E-state index contributed by atoms with van der Waals surface area (Å²) in [7, 11) is 0. The summed E-state index contributed by atoms with van der Waals surface area (Å²) in [6.45, 7) is 3.68. The molecule has 1 fully saturated rings. The maximum atomic E-state index is 12.0. The average molecular weight is 267 g/mol. The molecule has 0 bridgehead atoms. The van der Waals surface area contributed by atoms with Gasteiger partial charge in [0.2, 0.25) is 5.91 Å². The van der Waals surface area contributed by atoms with E-state index in [0.717, 1.165) is 18.5 Å². The predicted octanol–water partition coefficient (Wildman–Crippen LogP) is 2.31. The molecule has 1 aliphatic heterocycles. The Kier molecular flexibility index (Phi) is 4.61. The van der Waals surface area contributed by atoms with E-state index >= 15 is 0 Å². The molecule has 1 aliphatic rings. The monoisotopic (exact) mass is 266 g/mol. The number of benzene rings is 1. The van der Waals surface area contributed by atoms with Crippen LogP contribution in [0.3, 0.4) is 0 Å². The van der Waals surface area contributed by atoms with Crippen molar-refractivity contribution in [2.45, 2.75) is 31.7 Å². The fraction of sp³-hybridized carbons (Fsp3) is 0.500. The molecule has 4 heteroatoms. The Morgan fingerprint density at radius 2 is 2.44 bits per heavy atom. The number of amides is 1.